The molecule has 132 valence electrons. The molecule has 2 heterocycles. The molecule has 2 aliphatic rings. The van der Waals surface area contributed by atoms with Crippen molar-refractivity contribution in [1.82, 2.24) is 20.1 Å². The number of aryl methyl sites for hydroxylation is 1. The van der Waals surface area contributed by atoms with E-state index in [0.717, 1.165) is 18.2 Å². The third-order valence-corrected chi connectivity index (χ3v) is 4.54. The van der Waals surface area contributed by atoms with E-state index < -0.39 is 0 Å². The summed E-state index contributed by atoms with van der Waals surface area (Å²) in [5.74, 6) is 2.86. The highest BCUT2D eigenvalue weighted by atomic mass is 16.5. The lowest BCUT2D eigenvalue weighted by Gasteiger charge is -2.31. The molecular weight excluding hydrogens is 320 g/mol. The normalized spacial score (nSPS) is 20.5. The Kier molecular flexibility index (Phi) is 4.40. The van der Waals surface area contributed by atoms with Gasteiger partial charge in [0.15, 0.2) is 5.82 Å². The van der Waals surface area contributed by atoms with Gasteiger partial charge >= 0.3 is 0 Å². The fourth-order valence-electron chi connectivity index (χ4n) is 2.87. The Labute approximate surface area is 146 Å². The van der Waals surface area contributed by atoms with Crippen molar-refractivity contribution >= 4 is 5.91 Å². The van der Waals surface area contributed by atoms with Crippen LogP contribution in [0, 0.1) is 12.8 Å². The van der Waals surface area contributed by atoms with Crippen LogP contribution in [0.15, 0.2) is 24.3 Å². The molecule has 4 rings (SSSR count). The van der Waals surface area contributed by atoms with Gasteiger partial charge in [0, 0.05) is 12.1 Å². The van der Waals surface area contributed by atoms with Crippen molar-refractivity contribution in [2.24, 2.45) is 5.92 Å². The monoisotopic (exact) mass is 342 g/mol. The van der Waals surface area contributed by atoms with Gasteiger partial charge in [-0.05, 0) is 49.9 Å². The van der Waals surface area contributed by atoms with Gasteiger partial charge in [0.2, 0.25) is 0 Å². The van der Waals surface area contributed by atoms with E-state index in [1.807, 2.05) is 31.2 Å². The summed E-state index contributed by atoms with van der Waals surface area (Å²) in [5.41, 5.74) is 0.658. The number of nitrogens with zero attached hydrogens (tertiary/aromatic N) is 3. The molecule has 1 aromatic carbocycles. The Balaban J connectivity index is 1.39. The average molecular weight is 342 g/mol. The zero-order chi connectivity index (χ0) is 17.2. The molecule has 1 aromatic heterocycles. The molecule has 0 radical (unpaired) electrons. The van der Waals surface area contributed by atoms with Crippen LogP contribution in [0.5, 0.6) is 5.75 Å². The van der Waals surface area contributed by atoms with Crippen molar-refractivity contribution in [2.75, 3.05) is 26.3 Å². The van der Waals surface area contributed by atoms with Crippen molar-refractivity contribution in [3.05, 3.63) is 41.5 Å². The molecule has 1 saturated heterocycles. The second-order valence-corrected chi connectivity index (χ2v) is 6.67. The number of carbonyl (C=O) groups is 1. The number of amides is 1. The van der Waals surface area contributed by atoms with Gasteiger partial charge in [-0.3, -0.25) is 9.89 Å². The van der Waals surface area contributed by atoms with E-state index >= 15 is 0 Å². The summed E-state index contributed by atoms with van der Waals surface area (Å²) < 4.78 is 11.4. The number of ether oxygens (including phenoxy) is 2. The standard InChI is InChI=1S/C18H22N4O3/c1-12-19-17(21-20-12)16-10-22(8-9-24-16)18(23)14-4-6-15(7-5-14)25-11-13-2-3-13/h4-7,13,16H,2-3,8-11H2,1H3,(H,19,20,21). The Hall–Kier alpha value is -2.41. The SMILES string of the molecule is Cc1nc(C2CN(C(=O)c3ccc(OCC4CC4)cc3)CCO2)n[nH]1. The molecule has 1 amide bonds. The summed E-state index contributed by atoms with van der Waals surface area (Å²) in [7, 11) is 0. The van der Waals surface area contributed by atoms with Gasteiger partial charge in [0.1, 0.15) is 17.7 Å². The van der Waals surface area contributed by atoms with E-state index in [1.54, 1.807) is 4.90 Å². The van der Waals surface area contributed by atoms with Gasteiger partial charge in [-0.25, -0.2) is 4.98 Å². The first-order valence-corrected chi connectivity index (χ1v) is 8.71. The maximum atomic E-state index is 12.8. The van der Waals surface area contributed by atoms with E-state index in [-0.39, 0.29) is 12.0 Å². The van der Waals surface area contributed by atoms with Crippen LogP contribution in [0.1, 0.15) is 41.0 Å². The van der Waals surface area contributed by atoms with Crippen LogP contribution in [0.4, 0.5) is 0 Å². The third-order valence-electron chi connectivity index (χ3n) is 4.54. The van der Waals surface area contributed by atoms with Crippen LogP contribution in [-0.2, 0) is 4.74 Å². The number of hydrogen-bond acceptors (Lipinski definition) is 5. The van der Waals surface area contributed by atoms with Gasteiger partial charge in [-0.2, -0.15) is 5.10 Å². The first kappa shape index (κ1) is 16.1. The van der Waals surface area contributed by atoms with Gasteiger partial charge in [-0.1, -0.05) is 0 Å². The number of carbonyl (C=O) groups excluding carboxylic acids is 1. The van der Waals surface area contributed by atoms with E-state index in [1.165, 1.54) is 12.8 Å². The topological polar surface area (TPSA) is 80.3 Å². The van der Waals surface area contributed by atoms with E-state index in [2.05, 4.69) is 15.2 Å². The summed E-state index contributed by atoms with van der Waals surface area (Å²) in [6.45, 7) is 4.12. The van der Waals surface area contributed by atoms with E-state index in [4.69, 9.17) is 9.47 Å². The smallest absolute Gasteiger partial charge is 0.254 e. The minimum Gasteiger partial charge on any atom is -0.493 e. The van der Waals surface area contributed by atoms with Crippen molar-refractivity contribution in [1.29, 1.82) is 0 Å². The number of aromatic nitrogens is 3. The minimum atomic E-state index is -0.288. The Morgan fingerprint density at radius 2 is 2.16 bits per heavy atom. The Morgan fingerprint density at radius 3 is 2.84 bits per heavy atom. The lowest BCUT2D eigenvalue weighted by molar-refractivity contribution is -0.0266. The maximum Gasteiger partial charge on any atom is 0.254 e. The molecule has 1 unspecified atom stereocenters. The maximum absolute atomic E-state index is 12.8. The first-order valence-electron chi connectivity index (χ1n) is 8.71. The van der Waals surface area contributed by atoms with Crippen LogP contribution in [-0.4, -0.2) is 52.3 Å². The number of morpholine rings is 1. The zero-order valence-electron chi connectivity index (χ0n) is 14.3. The van der Waals surface area contributed by atoms with Crippen LogP contribution < -0.4 is 4.74 Å². The molecule has 1 aliphatic carbocycles. The summed E-state index contributed by atoms with van der Waals surface area (Å²) in [4.78, 5) is 18.8. The van der Waals surface area contributed by atoms with Crippen LogP contribution in [0.25, 0.3) is 0 Å². The lowest BCUT2D eigenvalue weighted by Crippen LogP contribution is -2.42. The Bertz CT molecular complexity index is 739. The predicted octanol–water partition coefficient (Wildman–Crippen LogP) is 2.12. The predicted molar refractivity (Wildman–Crippen MR) is 90.4 cm³/mol. The van der Waals surface area contributed by atoms with Crippen LogP contribution in [0.2, 0.25) is 0 Å². The zero-order valence-corrected chi connectivity index (χ0v) is 14.3. The fourth-order valence-corrected chi connectivity index (χ4v) is 2.87. The molecule has 25 heavy (non-hydrogen) atoms. The number of aromatic amines is 1. The summed E-state index contributed by atoms with van der Waals surface area (Å²) in [6, 6.07) is 7.39. The molecule has 1 aliphatic heterocycles. The highest BCUT2D eigenvalue weighted by Crippen LogP contribution is 2.29. The van der Waals surface area contributed by atoms with E-state index in [0.29, 0.717) is 37.0 Å². The van der Waals surface area contributed by atoms with Crippen molar-refractivity contribution in [3.63, 3.8) is 0 Å². The molecule has 1 saturated carbocycles. The van der Waals surface area contributed by atoms with Crippen molar-refractivity contribution in [3.8, 4) is 5.75 Å². The molecule has 1 N–H and O–H groups in total. The number of H-pyrrole nitrogens is 1. The number of benzene rings is 1. The van der Waals surface area contributed by atoms with Crippen molar-refractivity contribution in [2.45, 2.75) is 25.9 Å². The number of hydrogen-bond donors (Lipinski definition) is 1. The molecule has 1 atom stereocenters. The number of nitrogens with one attached hydrogen (secondary N) is 1. The highest BCUT2D eigenvalue weighted by Gasteiger charge is 2.28. The molecule has 7 heteroatoms. The van der Waals surface area contributed by atoms with E-state index in [9.17, 15) is 4.79 Å². The molecule has 7 nitrogen and oxygen atoms in total. The molecule has 0 bridgehead atoms. The lowest BCUT2D eigenvalue weighted by atomic mass is 10.1. The fraction of sp³-hybridized carbons (Fsp3) is 0.500. The molecule has 0 spiro atoms. The minimum absolute atomic E-state index is 0.00528. The third kappa shape index (κ3) is 3.82. The summed E-state index contributed by atoms with van der Waals surface area (Å²) in [6.07, 6.45) is 2.24. The molecule has 2 aromatic rings. The quantitative estimate of drug-likeness (QED) is 0.900. The van der Waals surface area contributed by atoms with Gasteiger partial charge < -0.3 is 14.4 Å². The second kappa shape index (κ2) is 6.84. The van der Waals surface area contributed by atoms with Crippen molar-refractivity contribution < 1.29 is 14.3 Å². The molecule has 2 fully saturated rings. The number of rotatable bonds is 5. The second-order valence-electron chi connectivity index (χ2n) is 6.67. The largest absolute Gasteiger partial charge is 0.493 e. The Morgan fingerprint density at radius 1 is 1.36 bits per heavy atom. The van der Waals surface area contributed by atoms with Crippen LogP contribution >= 0.6 is 0 Å². The first-order chi connectivity index (χ1) is 12.2. The average Bonchev–Trinajstić information content (AvgIpc) is 3.39. The molecular formula is C18H22N4O3. The summed E-state index contributed by atoms with van der Waals surface area (Å²) >= 11 is 0. The van der Waals surface area contributed by atoms with Crippen LogP contribution in [0.3, 0.4) is 0 Å². The van der Waals surface area contributed by atoms with Gasteiger partial charge in [0.25, 0.3) is 5.91 Å². The summed E-state index contributed by atoms with van der Waals surface area (Å²) in [5, 5.41) is 6.96. The highest BCUT2D eigenvalue weighted by molar-refractivity contribution is 5.94. The van der Waals surface area contributed by atoms with Gasteiger partial charge in [-0.15, -0.1) is 0 Å². The van der Waals surface area contributed by atoms with Gasteiger partial charge in [0.05, 0.1) is 19.8 Å².